The van der Waals surface area contributed by atoms with Crippen molar-refractivity contribution >= 4 is 5.91 Å². The number of nitrogens with one attached hydrogen (secondary N) is 1. The summed E-state index contributed by atoms with van der Waals surface area (Å²) in [6, 6.07) is 5.67. The number of rotatable bonds is 5. The van der Waals surface area contributed by atoms with Gasteiger partial charge in [0.05, 0.1) is 6.10 Å². The first-order valence-corrected chi connectivity index (χ1v) is 5.89. The van der Waals surface area contributed by atoms with Crippen LogP contribution in [0.25, 0.3) is 0 Å². The van der Waals surface area contributed by atoms with Gasteiger partial charge in [-0.15, -0.1) is 0 Å². The Hall–Kier alpha value is -1.46. The van der Waals surface area contributed by atoms with E-state index in [1.807, 2.05) is 0 Å². The molecule has 1 rings (SSSR count). The fourth-order valence-electron chi connectivity index (χ4n) is 1.45. The molecule has 0 aliphatic rings. The fourth-order valence-corrected chi connectivity index (χ4v) is 1.45. The molecule has 0 heterocycles. The average Bonchev–Trinajstić information content (AvgIpc) is 2.35. The predicted octanol–water partition coefficient (Wildman–Crippen LogP) is 0.959. The van der Waals surface area contributed by atoms with Crippen LogP contribution in [0.15, 0.2) is 24.3 Å². The second-order valence-corrected chi connectivity index (χ2v) is 4.43. The largest absolute Gasteiger partial charge is 0.386 e. The highest BCUT2D eigenvalue weighted by Gasteiger charge is 2.19. The molecule has 0 fully saturated rings. The van der Waals surface area contributed by atoms with Crippen molar-refractivity contribution in [1.29, 1.82) is 0 Å². The van der Waals surface area contributed by atoms with E-state index in [0.717, 1.165) is 0 Å². The van der Waals surface area contributed by atoms with Crippen LogP contribution in [0, 0.1) is 11.7 Å². The normalized spacial score (nSPS) is 15.8. The van der Waals surface area contributed by atoms with Gasteiger partial charge < -0.3 is 16.2 Å². The van der Waals surface area contributed by atoms with Gasteiger partial charge in [0.1, 0.15) is 5.82 Å². The number of nitrogens with two attached hydrogens (primary N) is 1. The highest BCUT2D eigenvalue weighted by atomic mass is 19.1. The van der Waals surface area contributed by atoms with Crippen LogP contribution in [0.2, 0.25) is 0 Å². The van der Waals surface area contributed by atoms with Crippen molar-refractivity contribution in [2.45, 2.75) is 26.0 Å². The van der Waals surface area contributed by atoms with Gasteiger partial charge in [-0.25, -0.2) is 4.39 Å². The lowest BCUT2D eigenvalue weighted by Gasteiger charge is -2.17. The summed E-state index contributed by atoms with van der Waals surface area (Å²) in [4.78, 5) is 11.6. The Kier molecular flexibility index (Phi) is 5.25. The summed E-state index contributed by atoms with van der Waals surface area (Å²) < 4.78 is 13.4. The second-order valence-electron chi connectivity index (χ2n) is 4.43. The molecule has 1 aromatic rings. The molecule has 0 aromatic heterocycles. The van der Waals surface area contributed by atoms with E-state index in [1.165, 1.54) is 12.1 Å². The SMILES string of the molecule is CC(N)C(C)C(=O)NCC(O)c1ccccc1F. The van der Waals surface area contributed by atoms with Crippen LogP contribution >= 0.6 is 0 Å². The topological polar surface area (TPSA) is 75.4 Å². The quantitative estimate of drug-likeness (QED) is 0.732. The Morgan fingerprint density at radius 2 is 2.06 bits per heavy atom. The molecule has 0 aliphatic carbocycles. The molecular formula is C13H19FN2O2. The molecule has 4 nitrogen and oxygen atoms in total. The Balaban J connectivity index is 2.54. The smallest absolute Gasteiger partial charge is 0.224 e. The summed E-state index contributed by atoms with van der Waals surface area (Å²) in [5.41, 5.74) is 5.77. The van der Waals surface area contributed by atoms with Crippen molar-refractivity contribution in [1.82, 2.24) is 5.32 Å². The van der Waals surface area contributed by atoms with E-state index < -0.39 is 11.9 Å². The van der Waals surface area contributed by atoms with Gasteiger partial charge in [-0.2, -0.15) is 0 Å². The van der Waals surface area contributed by atoms with Crippen molar-refractivity contribution in [3.8, 4) is 0 Å². The molecule has 5 heteroatoms. The summed E-state index contributed by atoms with van der Waals surface area (Å²) in [5.74, 6) is -1.09. The third kappa shape index (κ3) is 3.78. The van der Waals surface area contributed by atoms with Gasteiger partial charge in [-0.1, -0.05) is 25.1 Å². The zero-order chi connectivity index (χ0) is 13.7. The molecule has 100 valence electrons. The van der Waals surface area contributed by atoms with Gasteiger partial charge in [-0.3, -0.25) is 4.79 Å². The van der Waals surface area contributed by atoms with Crippen molar-refractivity contribution in [3.05, 3.63) is 35.6 Å². The Bertz CT molecular complexity index is 410. The highest BCUT2D eigenvalue weighted by molar-refractivity contribution is 5.78. The van der Waals surface area contributed by atoms with Gasteiger partial charge in [0.2, 0.25) is 5.91 Å². The maximum Gasteiger partial charge on any atom is 0.224 e. The van der Waals surface area contributed by atoms with Crippen molar-refractivity contribution < 1.29 is 14.3 Å². The minimum Gasteiger partial charge on any atom is -0.386 e. The zero-order valence-corrected chi connectivity index (χ0v) is 10.6. The van der Waals surface area contributed by atoms with Crippen LogP contribution in [-0.4, -0.2) is 23.6 Å². The van der Waals surface area contributed by atoms with Gasteiger partial charge in [0, 0.05) is 24.1 Å². The molecular weight excluding hydrogens is 235 g/mol. The molecule has 0 saturated carbocycles. The van der Waals surface area contributed by atoms with Gasteiger partial charge in [0.25, 0.3) is 0 Å². The maximum absolute atomic E-state index is 13.4. The predicted molar refractivity (Wildman–Crippen MR) is 67.2 cm³/mol. The number of amides is 1. The minimum absolute atomic E-state index is 0.0309. The molecule has 3 atom stereocenters. The van der Waals surface area contributed by atoms with Crippen molar-refractivity contribution in [2.24, 2.45) is 11.7 Å². The number of hydrogen-bond donors (Lipinski definition) is 3. The zero-order valence-electron chi connectivity index (χ0n) is 10.6. The van der Waals surface area contributed by atoms with Crippen LogP contribution in [0.5, 0.6) is 0 Å². The maximum atomic E-state index is 13.4. The molecule has 0 bridgehead atoms. The molecule has 1 aromatic carbocycles. The fraction of sp³-hybridized carbons (Fsp3) is 0.462. The summed E-state index contributed by atoms with van der Waals surface area (Å²) in [6.45, 7) is 3.41. The number of carbonyl (C=O) groups is 1. The Labute approximate surface area is 106 Å². The first-order valence-electron chi connectivity index (χ1n) is 5.89. The number of carbonyl (C=O) groups excluding carboxylic acids is 1. The number of halogens is 1. The van der Waals surface area contributed by atoms with E-state index >= 15 is 0 Å². The molecule has 0 saturated heterocycles. The number of aliphatic hydroxyl groups excluding tert-OH is 1. The average molecular weight is 254 g/mol. The lowest BCUT2D eigenvalue weighted by atomic mass is 10.0. The highest BCUT2D eigenvalue weighted by Crippen LogP contribution is 2.15. The molecule has 3 unspecified atom stereocenters. The van der Waals surface area contributed by atoms with E-state index in [1.54, 1.807) is 26.0 Å². The number of hydrogen-bond acceptors (Lipinski definition) is 3. The Morgan fingerprint density at radius 3 is 2.61 bits per heavy atom. The number of benzene rings is 1. The standard InChI is InChI=1S/C13H19FN2O2/c1-8(9(2)15)13(18)16-7-12(17)10-5-3-4-6-11(10)14/h3-6,8-9,12,17H,7,15H2,1-2H3,(H,16,18). The van der Waals surface area contributed by atoms with Gasteiger partial charge in [0.15, 0.2) is 0 Å². The lowest BCUT2D eigenvalue weighted by Crippen LogP contribution is -2.40. The summed E-state index contributed by atoms with van der Waals surface area (Å²) in [7, 11) is 0. The van der Waals surface area contributed by atoms with Crippen molar-refractivity contribution in [2.75, 3.05) is 6.54 Å². The summed E-state index contributed by atoms with van der Waals surface area (Å²) in [6.07, 6.45) is -1.06. The first-order chi connectivity index (χ1) is 8.43. The molecule has 0 radical (unpaired) electrons. The minimum atomic E-state index is -1.06. The number of aliphatic hydroxyl groups is 1. The molecule has 0 aliphatic heterocycles. The molecule has 4 N–H and O–H groups in total. The van der Waals surface area contributed by atoms with Crippen LogP contribution in [-0.2, 0) is 4.79 Å². The van der Waals surface area contributed by atoms with E-state index in [9.17, 15) is 14.3 Å². The summed E-state index contributed by atoms with van der Waals surface area (Å²) >= 11 is 0. The lowest BCUT2D eigenvalue weighted by molar-refractivity contribution is -0.125. The summed E-state index contributed by atoms with van der Waals surface area (Å²) in [5, 5.41) is 12.3. The van der Waals surface area contributed by atoms with E-state index in [4.69, 9.17) is 5.73 Å². The van der Waals surface area contributed by atoms with Crippen LogP contribution in [0.4, 0.5) is 4.39 Å². The monoisotopic (exact) mass is 254 g/mol. The molecule has 18 heavy (non-hydrogen) atoms. The van der Waals surface area contributed by atoms with E-state index in [2.05, 4.69) is 5.32 Å². The van der Waals surface area contributed by atoms with Gasteiger partial charge in [-0.05, 0) is 13.0 Å². The first kappa shape index (κ1) is 14.6. The van der Waals surface area contributed by atoms with Crippen LogP contribution in [0.3, 0.4) is 0 Å². The third-order valence-corrected chi connectivity index (χ3v) is 2.94. The van der Waals surface area contributed by atoms with Gasteiger partial charge >= 0.3 is 0 Å². The van der Waals surface area contributed by atoms with Crippen LogP contribution in [0.1, 0.15) is 25.5 Å². The second kappa shape index (κ2) is 6.47. The van der Waals surface area contributed by atoms with Crippen LogP contribution < -0.4 is 11.1 Å². The van der Waals surface area contributed by atoms with Crippen molar-refractivity contribution in [3.63, 3.8) is 0 Å². The molecule has 0 spiro atoms. The van der Waals surface area contributed by atoms with E-state index in [-0.39, 0.29) is 30.0 Å². The molecule has 1 amide bonds. The van der Waals surface area contributed by atoms with E-state index in [0.29, 0.717) is 0 Å². The third-order valence-electron chi connectivity index (χ3n) is 2.94. The Morgan fingerprint density at radius 1 is 1.44 bits per heavy atom.